The predicted molar refractivity (Wildman–Crippen MR) is 51.2 cm³/mol. The average Bonchev–Trinajstić information content (AvgIpc) is 2.65. The molecule has 56 valence electrons. The standard InChI is InChI=1S/C9H7BN2/c10-12-6-2-4-9(12)7-8-3-1-5-11-8/h1-7H/b8-7+. The van der Waals surface area contributed by atoms with Gasteiger partial charge in [-0.1, -0.05) is 0 Å². The zero-order valence-electron chi connectivity index (χ0n) is 6.51. The molecule has 2 nitrogen and oxygen atoms in total. The van der Waals surface area contributed by atoms with Gasteiger partial charge in [-0.2, -0.15) is 0 Å². The lowest BCUT2D eigenvalue weighted by Crippen LogP contribution is -1.90. The van der Waals surface area contributed by atoms with Crippen molar-refractivity contribution >= 4 is 20.3 Å². The highest BCUT2D eigenvalue weighted by Gasteiger charge is 1.95. The van der Waals surface area contributed by atoms with Crippen molar-refractivity contribution in [2.24, 2.45) is 4.99 Å². The number of aromatic nitrogens is 1. The molecule has 0 spiro atoms. The number of nitrogens with zero attached hydrogens (tertiary/aromatic N) is 2. The van der Waals surface area contributed by atoms with Crippen LogP contribution in [0.2, 0.25) is 0 Å². The van der Waals surface area contributed by atoms with E-state index in [2.05, 4.69) is 4.99 Å². The van der Waals surface area contributed by atoms with Crippen LogP contribution in [0.5, 0.6) is 0 Å². The van der Waals surface area contributed by atoms with E-state index in [0.717, 1.165) is 11.4 Å². The third-order valence-electron chi connectivity index (χ3n) is 1.68. The molecular formula is C9H7BN2. The number of allylic oxidation sites excluding steroid dienone is 2. The predicted octanol–water partition coefficient (Wildman–Crippen LogP) is 1.40. The lowest BCUT2D eigenvalue weighted by Gasteiger charge is -1.96. The summed E-state index contributed by atoms with van der Waals surface area (Å²) in [5.74, 6) is 0. The zero-order chi connectivity index (χ0) is 8.39. The second-order valence-electron chi connectivity index (χ2n) is 2.55. The van der Waals surface area contributed by atoms with Crippen molar-refractivity contribution in [2.75, 3.05) is 0 Å². The Labute approximate surface area is 72.4 Å². The fourth-order valence-electron chi connectivity index (χ4n) is 1.08. The Balaban J connectivity index is 2.34. The molecule has 0 amide bonds. The minimum absolute atomic E-state index is 0.931. The molecule has 2 heterocycles. The summed E-state index contributed by atoms with van der Waals surface area (Å²) in [5, 5.41) is 0. The molecule has 1 aromatic rings. The van der Waals surface area contributed by atoms with Gasteiger partial charge < -0.3 is 4.48 Å². The second-order valence-corrected chi connectivity index (χ2v) is 2.55. The summed E-state index contributed by atoms with van der Waals surface area (Å²) in [6, 6.07) is 3.84. The summed E-state index contributed by atoms with van der Waals surface area (Å²) < 4.78 is 1.56. The maximum atomic E-state index is 5.61. The molecule has 2 radical (unpaired) electrons. The smallest absolute Gasteiger partial charge is 0.234 e. The van der Waals surface area contributed by atoms with Crippen molar-refractivity contribution in [1.82, 2.24) is 4.48 Å². The molecule has 2 rings (SSSR count). The quantitative estimate of drug-likeness (QED) is 0.544. The molecule has 0 aromatic carbocycles. The summed E-state index contributed by atoms with van der Waals surface area (Å²) >= 11 is 0. The normalized spacial score (nSPS) is 17.8. The number of rotatable bonds is 1. The summed E-state index contributed by atoms with van der Waals surface area (Å²) in [4.78, 5) is 4.11. The van der Waals surface area contributed by atoms with Gasteiger partial charge in [-0.3, -0.25) is 4.99 Å². The second kappa shape index (κ2) is 2.85. The molecule has 12 heavy (non-hydrogen) atoms. The van der Waals surface area contributed by atoms with E-state index < -0.39 is 0 Å². The Morgan fingerprint density at radius 3 is 3.00 bits per heavy atom. The number of aliphatic imine (C=N–C) groups is 1. The fraction of sp³-hybridized carbons (Fsp3) is 0. The van der Waals surface area contributed by atoms with Gasteiger partial charge in [0, 0.05) is 11.9 Å². The molecule has 0 fully saturated rings. The summed E-state index contributed by atoms with van der Waals surface area (Å²) in [5.41, 5.74) is 1.88. The van der Waals surface area contributed by atoms with E-state index in [1.54, 1.807) is 16.9 Å². The van der Waals surface area contributed by atoms with Gasteiger partial charge in [0.2, 0.25) is 7.98 Å². The van der Waals surface area contributed by atoms with Gasteiger partial charge in [0.25, 0.3) is 0 Å². The molecule has 0 unspecified atom stereocenters. The first-order valence-corrected chi connectivity index (χ1v) is 3.71. The Morgan fingerprint density at radius 1 is 1.50 bits per heavy atom. The zero-order valence-corrected chi connectivity index (χ0v) is 6.51. The molecule has 0 atom stereocenters. The molecule has 0 aliphatic carbocycles. The van der Waals surface area contributed by atoms with E-state index in [1.807, 2.05) is 30.4 Å². The lowest BCUT2D eigenvalue weighted by molar-refractivity contribution is 1.23. The first-order valence-electron chi connectivity index (χ1n) is 3.71. The van der Waals surface area contributed by atoms with Crippen molar-refractivity contribution in [1.29, 1.82) is 0 Å². The van der Waals surface area contributed by atoms with Gasteiger partial charge in [0.15, 0.2) is 0 Å². The fourth-order valence-corrected chi connectivity index (χ4v) is 1.08. The highest BCUT2D eigenvalue weighted by atomic mass is 14.8. The number of hydrogen-bond acceptors (Lipinski definition) is 1. The van der Waals surface area contributed by atoms with E-state index in [1.165, 1.54) is 0 Å². The van der Waals surface area contributed by atoms with E-state index in [0.29, 0.717) is 0 Å². The Morgan fingerprint density at radius 2 is 2.42 bits per heavy atom. The van der Waals surface area contributed by atoms with Crippen LogP contribution in [0.1, 0.15) is 5.69 Å². The van der Waals surface area contributed by atoms with Gasteiger partial charge in [0.1, 0.15) is 0 Å². The van der Waals surface area contributed by atoms with Crippen molar-refractivity contribution in [3.8, 4) is 0 Å². The topological polar surface area (TPSA) is 17.3 Å². The highest BCUT2D eigenvalue weighted by molar-refractivity contribution is 6.07. The minimum atomic E-state index is 0.931. The molecule has 1 aliphatic heterocycles. The van der Waals surface area contributed by atoms with Gasteiger partial charge in [0.05, 0.1) is 5.70 Å². The van der Waals surface area contributed by atoms with Gasteiger partial charge in [-0.15, -0.1) is 0 Å². The number of hydrogen-bond donors (Lipinski definition) is 0. The van der Waals surface area contributed by atoms with Crippen LogP contribution < -0.4 is 0 Å². The molecule has 0 saturated carbocycles. The summed E-state index contributed by atoms with van der Waals surface area (Å²) in [6.07, 6.45) is 9.33. The van der Waals surface area contributed by atoms with E-state index in [4.69, 9.17) is 7.98 Å². The van der Waals surface area contributed by atoms with Crippen molar-refractivity contribution in [3.05, 3.63) is 41.9 Å². The van der Waals surface area contributed by atoms with Gasteiger partial charge in [-0.05, 0) is 36.6 Å². The monoisotopic (exact) mass is 154 g/mol. The third-order valence-corrected chi connectivity index (χ3v) is 1.68. The average molecular weight is 154 g/mol. The largest absolute Gasteiger partial charge is 0.404 e. The first kappa shape index (κ1) is 7.16. The van der Waals surface area contributed by atoms with Crippen molar-refractivity contribution in [3.63, 3.8) is 0 Å². The molecule has 0 bridgehead atoms. The SMILES string of the molecule is [B]n1cccc1/C=C1\C=CC=N1. The van der Waals surface area contributed by atoms with Crippen LogP contribution in [0.3, 0.4) is 0 Å². The molecule has 0 N–H and O–H groups in total. The summed E-state index contributed by atoms with van der Waals surface area (Å²) in [6.45, 7) is 0. The molecule has 3 heteroatoms. The lowest BCUT2D eigenvalue weighted by atomic mass is 10.3. The van der Waals surface area contributed by atoms with Crippen LogP contribution in [-0.2, 0) is 0 Å². The van der Waals surface area contributed by atoms with Crippen molar-refractivity contribution < 1.29 is 0 Å². The third kappa shape index (κ3) is 1.26. The summed E-state index contributed by atoms with van der Waals surface area (Å²) in [7, 11) is 5.61. The molecule has 0 saturated heterocycles. The van der Waals surface area contributed by atoms with Crippen LogP contribution in [-0.4, -0.2) is 18.7 Å². The Kier molecular flexibility index (Phi) is 1.70. The maximum Gasteiger partial charge on any atom is 0.234 e. The van der Waals surface area contributed by atoms with Gasteiger partial charge >= 0.3 is 0 Å². The highest BCUT2D eigenvalue weighted by Crippen LogP contribution is 2.10. The van der Waals surface area contributed by atoms with Crippen LogP contribution in [0.15, 0.2) is 41.2 Å². The van der Waals surface area contributed by atoms with E-state index >= 15 is 0 Å². The Hall–Kier alpha value is -1.51. The van der Waals surface area contributed by atoms with Crippen LogP contribution >= 0.6 is 0 Å². The Bertz CT molecular complexity index is 358. The van der Waals surface area contributed by atoms with E-state index in [-0.39, 0.29) is 0 Å². The minimum Gasteiger partial charge on any atom is -0.404 e. The van der Waals surface area contributed by atoms with Crippen molar-refractivity contribution in [2.45, 2.75) is 0 Å². The first-order chi connectivity index (χ1) is 5.86. The molecule has 1 aliphatic rings. The van der Waals surface area contributed by atoms with E-state index in [9.17, 15) is 0 Å². The van der Waals surface area contributed by atoms with Crippen LogP contribution in [0.4, 0.5) is 0 Å². The maximum absolute atomic E-state index is 5.61. The molecule has 1 aromatic heterocycles. The van der Waals surface area contributed by atoms with Crippen LogP contribution in [0.25, 0.3) is 6.08 Å². The van der Waals surface area contributed by atoms with Crippen LogP contribution in [0, 0.1) is 0 Å². The molecular weight excluding hydrogens is 147 g/mol. The van der Waals surface area contributed by atoms with Gasteiger partial charge in [-0.25, -0.2) is 0 Å².